The van der Waals surface area contributed by atoms with Crippen molar-refractivity contribution in [3.8, 4) is 0 Å². The van der Waals surface area contributed by atoms with Crippen LogP contribution in [-0.2, 0) is 0 Å². The molecule has 2 heteroatoms. The highest BCUT2D eigenvalue weighted by molar-refractivity contribution is 7.99. The van der Waals surface area contributed by atoms with Gasteiger partial charge in [-0.2, -0.15) is 0 Å². The van der Waals surface area contributed by atoms with E-state index in [2.05, 4.69) is 13.8 Å². The zero-order valence-corrected chi connectivity index (χ0v) is 10.4. The quantitative estimate of drug-likeness (QED) is 0.549. The van der Waals surface area contributed by atoms with E-state index in [0.29, 0.717) is 11.7 Å². The maximum absolute atomic E-state index is 11.6. The van der Waals surface area contributed by atoms with E-state index in [0.717, 1.165) is 12.0 Å². The summed E-state index contributed by atoms with van der Waals surface area (Å²) in [4.78, 5) is 12.8. The van der Waals surface area contributed by atoms with E-state index < -0.39 is 0 Å². The Balaban J connectivity index is 2.67. The van der Waals surface area contributed by atoms with Crippen molar-refractivity contribution in [2.45, 2.75) is 43.8 Å². The van der Waals surface area contributed by atoms with Gasteiger partial charge in [0, 0.05) is 22.1 Å². The van der Waals surface area contributed by atoms with Crippen LogP contribution in [0.1, 0.15) is 44.0 Å². The number of benzene rings is 1. The topological polar surface area (TPSA) is 17.1 Å². The van der Waals surface area contributed by atoms with E-state index in [4.69, 9.17) is 0 Å². The van der Waals surface area contributed by atoms with Gasteiger partial charge in [-0.15, -0.1) is 11.8 Å². The van der Waals surface area contributed by atoms with Crippen LogP contribution in [0.2, 0.25) is 0 Å². The van der Waals surface area contributed by atoms with Crippen LogP contribution in [0.4, 0.5) is 0 Å². The first-order valence-corrected chi connectivity index (χ1v) is 6.31. The van der Waals surface area contributed by atoms with E-state index in [1.165, 1.54) is 4.90 Å². The minimum Gasteiger partial charge on any atom is -0.294 e. The summed E-state index contributed by atoms with van der Waals surface area (Å²) in [5, 5.41) is 0.585. The van der Waals surface area contributed by atoms with Crippen molar-refractivity contribution in [2.75, 3.05) is 0 Å². The largest absolute Gasteiger partial charge is 0.294 e. The third-order valence-corrected chi connectivity index (χ3v) is 3.04. The van der Waals surface area contributed by atoms with Crippen LogP contribution < -0.4 is 0 Å². The number of carbonyl (C=O) groups excluding carboxylic acids is 1. The second kappa shape index (κ2) is 5.96. The molecule has 1 aromatic rings. The fourth-order valence-corrected chi connectivity index (χ4v) is 2.20. The molecule has 0 radical (unpaired) electrons. The number of Topliss-reactive ketones (excluding diaryl/α,β-unsaturated/α-hetero) is 1. The lowest BCUT2D eigenvalue weighted by molar-refractivity contribution is 0.0981. The van der Waals surface area contributed by atoms with Crippen LogP contribution in [0.3, 0.4) is 0 Å². The summed E-state index contributed by atoms with van der Waals surface area (Å²) in [7, 11) is 0. The highest BCUT2D eigenvalue weighted by atomic mass is 32.2. The first-order valence-electron chi connectivity index (χ1n) is 5.43. The molecule has 0 saturated heterocycles. The molecule has 0 amide bonds. The van der Waals surface area contributed by atoms with Crippen LogP contribution >= 0.6 is 11.8 Å². The summed E-state index contributed by atoms with van der Waals surface area (Å²) in [5.74, 6) is 0.249. The SMILES string of the molecule is CCCC(=O)c1ccc(SC(C)C)cc1. The average Bonchev–Trinajstić information content (AvgIpc) is 2.18. The van der Waals surface area contributed by atoms with Crippen LogP contribution in [0.25, 0.3) is 0 Å². The average molecular weight is 222 g/mol. The lowest BCUT2D eigenvalue weighted by Crippen LogP contribution is -1.97. The number of thioether (sulfide) groups is 1. The van der Waals surface area contributed by atoms with E-state index in [1.807, 2.05) is 43.0 Å². The maximum Gasteiger partial charge on any atom is 0.162 e. The van der Waals surface area contributed by atoms with Gasteiger partial charge in [0.05, 0.1) is 0 Å². The molecule has 0 bridgehead atoms. The predicted molar refractivity (Wildman–Crippen MR) is 66.7 cm³/mol. The van der Waals surface area contributed by atoms with Crippen LogP contribution in [0.15, 0.2) is 29.2 Å². The van der Waals surface area contributed by atoms with E-state index in [1.54, 1.807) is 0 Å². The summed E-state index contributed by atoms with van der Waals surface area (Å²) < 4.78 is 0. The van der Waals surface area contributed by atoms with Gasteiger partial charge in [-0.25, -0.2) is 0 Å². The van der Waals surface area contributed by atoms with Crippen molar-refractivity contribution in [3.63, 3.8) is 0 Å². The molecule has 0 aliphatic rings. The molecule has 0 aliphatic carbocycles. The molecule has 0 unspecified atom stereocenters. The number of hydrogen-bond acceptors (Lipinski definition) is 2. The second-order valence-corrected chi connectivity index (χ2v) is 5.51. The Kier molecular flexibility index (Phi) is 4.89. The number of carbonyl (C=O) groups is 1. The van der Waals surface area contributed by atoms with Crippen LogP contribution in [0, 0.1) is 0 Å². The summed E-state index contributed by atoms with van der Waals surface area (Å²) >= 11 is 1.82. The molecule has 0 aromatic heterocycles. The number of rotatable bonds is 5. The monoisotopic (exact) mass is 222 g/mol. The van der Waals surface area contributed by atoms with Gasteiger partial charge in [-0.05, 0) is 18.6 Å². The molecular weight excluding hydrogens is 204 g/mol. The molecule has 0 saturated carbocycles. The predicted octanol–water partition coefficient (Wildman–Crippen LogP) is 4.17. The molecule has 0 atom stereocenters. The summed E-state index contributed by atoms with van der Waals surface area (Å²) in [6, 6.07) is 7.94. The first kappa shape index (κ1) is 12.3. The van der Waals surface area contributed by atoms with Crippen molar-refractivity contribution < 1.29 is 4.79 Å². The second-order valence-electron chi connectivity index (χ2n) is 3.86. The molecule has 0 fully saturated rings. The van der Waals surface area contributed by atoms with Gasteiger partial charge in [-0.1, -0.05) is 32.9 Å². The zero-order chi connectivity index (χ0) is 11.3. The molecule has 0 aliphatic heterocycles. The highest BCUT2D eigenvalue weighted by Crippen LogP contribution is 2.23. The molecule has 15 heavy (non-hydrogen) atoms. The normalized spacial score (nSPS) is 10.7. The Morgan fingerprint density at radius 3 is 2.33 bits per heavy atom. The van der Waals surface area contributed by atoms with Gasteiger partial charge >= 0.3 is 0 Å². The van der Waals surface area contributed by atoms with Gasteiger partial charge in [-0.3, -0.25) is 4.79 Å². The smallest absolute Gasteiger partial charge is 0.162 e. The van der Waals surface area contributed by atoms with Crippen molar-refractivity contribution in [3.05, 3.63) is 29.8 Å². The van der Waals surface area contributed by atoms with Crippen molar-refractivity contribution >= 4 is 17.5 Å². The maximum atomic E-state index is 11.6. The lowest BCUT2D eigenvalue weighted by atomic mass is 10.1. The van der Waals surface area contributed by atoms with Gasteiger partial charge in [0.25, 0.3) is 0 Å². The number of ketones is 1. The van der Waals surface area contributed by atoms with Gasteiger partial charge in [0.15, 0.2) is 5.78 Å². The van der Waals surface area contributed by atoms with Gasteiger partial charge in [0.2, 0.25) is 0 Å². The Morgan fingerprint density at radius 2 is 1.87 bits per heavy atom. The minimum atomic E-state index is 0.249. The third-order valence-electron chi connectivity index (χ3n) is 2.03. The zero-order valence-electron chi connectivity index (χ0n) is 9.62. The minimum absolute atomic E-state index is 0.249. The molecule has 1 rings (SSSR count). The molecule has 0 N–H and O–H groups in total. The van der Waals surface area contributed by atoms with E-state index in [9.17, 15) is 4.79 Å². The van der Waals surface area contributed by atoms with E-state index in [-0.39, 0.29) is 5.78 Å². The summed E-state index contributed by atoms with van der Waals surface area (Å²) in [6.07, 6.45) is 1.57. The molecule has 1 nitrogen and oxygen atoms in total. The third kappa shape index (κ3) is 4.08. The van der Waals surface area contributed by atoms with Crippen molar-refractivity contribution in [1.82, 2.24) is 0 Å². The Labute approximate surface area is 96.3 Å². The van der Waals surface area contributed by atoms with Crippen LogP contribution in [0.5, 0.6) is 0 Å². The number of hydrogen-bond donors (Lipinski definition) is 0. The van der Waals surface area contributed by atoms with Crippen LogP contribution in [-0.4, -0.2) is 11.0 Å². The summed E-state index contributed by atoms with van der Waals surface area (Å²) in [5.41, 5.74) is 0.838. The molecule has 0 heterocycles. The highest BCUT2D eigenvalue weighted by Gasteiger charge is 2.04. The van der Waals surface area contributed by atoms with Gasteiger partial charge < -0.3 is 0 Å². The molecule has 1 aromatic carbocycles. The lowest BCUT2D eigenvalue weighted by Gasteiger charge is -2.05. The van der Waals surface area contributed by atoms with Crippen molar-refractivity contribution in [1.29, 1.82) is 0 Å². The van der Waals surface area contributed by atoms with E-state index >= 15 is 0 Å². The van der Waals surface area contributed by atoms with Gasteiger partial charge in [0.1, 0.15) is 0 Å². The fraction of sp³-hybridized carbons (Fsp3) is 0.462. The Bertz CT molecular complexity index is 314. The molecule has 0 spiro atoms. The molecular formula is C13H18OS. The Morgan fingerprint density at radius 1 is 1.27 bits per heavy atom. The fourth-order valence-electron chi connectivity index (χ4n) is 1.36. The summed E-state index contributed by atoms with van der Waals surface area (Å²) in [6.45, 7) is 6.36. The standard InChI is InChI=1S/C13H18OS/c1-4-5-13(14)11-6-8-12(9-7-11)15-10(2)3/h6-10H,4-5H2,1-3H3. The van der Waals surface area contributed by atoms with Crippen molar-refractivity contribution in [2.24, 2.45) is 0 Å². The Hall–Kier alpha value is -0.760. The molecule has 82 valence electrons. The first-order chi connectivity index (χ1) is 7.13.